The first-order valence-corrected chi connectivity index (χ1v) is 5.08. The summed E-state index contributed by atoms with van der Waals surface area (Å²) in [6.45, 7) is 2.01. The number of allylic oxidation sites excluding steroid dienone is 4. The van der Waals surface area contributed by atoms with Gasteiger partial charge in [0.2, 0.25) is 0 Å². The molecule has 3 aliphatic carbocycles. The number of Topliss-reactive ketones (excluding diaryl/α,β-unsaturated/α-hetero) is 1. The molecule has 1 saturated carbocycles. The predicted octanol–water partition coefficient (Wildman–Crippen LogP) is 1.81. The molecule has 1 fully saturated rings. The minimum absolute atomic E-state index is 0.198. The third kappa shape index (κ3) is 0.813. The van der Waals surface area contributed by atoms with E-state index in [1.165, 1.54) is 5.57 Å². The molecular weight excluding hydrogens is 176 g/mol. The topological polar surface area (TPSA) is 34.1 Å². The maximum atomic E-state index is 11.5. The lowest BCUT2D eigenvalue weighted by molar-refractivity contribution is -0.140. The first-order chi connectivity index (χ1) is 6.59. The monoisotopic (exact) mass is 188 g/mol. The molecule has 0 heterocycles. The first kappa shape index (κ1) is 8.16. The van der Waals surface area contributed by atoms with Gasteiger partial charge in [-0.3, -0.25) is 9.59 Å². The van der Waals surface area contributed by atoms with E-state index in [1.807, 2.05) is 13.0 Å². The van der Waals surface area contributed by atoms with Crippen molar-refractivity contribution < 1.29 is 9.59 Å². The fourth-order valence-electron chi connectivity index (χ4n) is 2.84. The van der Waals surface area contributed by atoms with Crippen LogP contribution in [0.25, 0.3) is 0 Å². The van der Waals surface area contributed by atoms with Crippen LogP contribution >= 0.6 is 0 Å². The fourth-order valence-corrected chi connectivity index (χ4v) is 2.84. The smallest absolute Gasteiger partial charge is 0.160 e. The maximum Gasteiger partial charge on any atom is 0.160 e. The van der Waals surface area contributed by atoms with Gasteiger partial charge in [0, 0.05) is 18.3 Å². The van der Waals surface area contributed by atoms with E-state index in [9.17, 15) is 9.59 Å². The van der Waals surface area contributed by atoms with Crippen LogP contribution in [0.2, 0.25) is 0 Å². The molecule has 72 valence electrons. The highest BCUT2D eigenvalue weighted by atomic mass is 16.1. The Morgan fingerprint density at radius 2 is 2.07 bits per heavy atom. The van der Waals surface area contributed by atoms with Crippen molar-refractivity contribution in [2.75, 3.05) is 0 Å². The number of hydrogen-bond donors (Lipinski definition) is 0. The molecule has 0 unspecified atom stereocenters. The van der Waals surface area contributed by atoms with Crippen LogP contribution < -0.4 is 0 Å². The predicted molar refractivity (Wildman–Crippen MR) is 51.6 cm³/mol. The highest BCUT2D eigenvalue weighted by molar-refractivity contribution is 6.00. The van der Waals surface area contributed by atoms with Gasteiger partial charge in [0.25, 0.3) is 0 Å². The van der Waals surface area contributed by atoms with Crippen molar-refractivity contribution >= 4 is 11.6 Å². The van der Waals surface area contributed by atoms with Crippen molar-refractivity contribution in [1.82, 2.24) is 0 Å². The van der Waals surface area contributed by atoms with Gasteiger partial charge in [0.15, 0.2) is 5.78 Å². The normalized spacial score (nSPS) is 39.6. The number of carbonyl (C=O) groups excluding carboxylic acids is 2. The summed E-state index contributed by atoms with van der Waals surface area (Å²) in [5, 5.41) is 0. The molecule has 3 aliphatic rings. The van der Waals surface area contributed by atoms with Crippen molar-refractivity contribution in [1.29, 1.82) is 0 Å². The van der Waals surface area contributed by atoms with Gasteiger partial charge in [-0.25, -0.2) is 0 Å². The molecule has 0 radical (unpaired) electrons. The standard InChI is InChI=1S/C12H12O2/c1-12-6-8-4-10(13)3-7(8)2-9(12)5-11(12)14/h3,6,9H,2,4-5H2,1H3/t9-,12-/m1/s1. The Morgan fingerprint density at radius 1 is 1.29 bits per heavy atom. The molecule has 0 amide bonds. The van der Waals surface area contributed by atoms with Crippen molar-refractivity contribution in [2.45, 2.75) is 26.2 Å². The molecule has 0 bridgehead atoms. The van der Waals surface area contributed by atoms with Crippen molar-refractivity contribution in [3.05, 3.63) is 23.3 Å². The average Bonchev–Trinajstić information content (AvgIpc) is 2.45. The molecule has 2 nitrogen and oxygen atoms in total. The Bertz CT molecular complexity index is 414. The Labute approximate surface area is 82.7 Å². The maximum absolute atomic E-state index is 11.5. The van der Waals surface area contributed by atoms with Crippen molar-refractivity contribution in [3.63, 3.8) is 0 Å². The van der Waals surface area contributed by atoms with E-state index in [1.54, 1.807) is 6.08 Å². The summed E-state index contributed by atoms with van der Waals surface area (Å²) in [4.78, 5) is 22.7. The third-order valence-corrected chi connectivity index (χ3v) is 3.93. The van der Waals surface area contributed by atoms with Crippen molar-refractivity contribution in [2.24, 2.45) is 11.3 Å². The minimum atomic E-state index is -0.239. The number of hydrogen-bond acceptors (Lipinski definition) is 2. The zero-order valence-electron chi connectivity index (χ0n) is 8.17. The third-order valence-electron chi connectivity index (χ3n) is 3.93. The molecule has 0 aromatic heterocycles. The average molecular weight is 188 g/mol. The Morgan fingerprint density at radius 3 is 2.79 bits per heavy atom. The van der Waals surface area contributed by atoms with Crippen LogP contribution in [0.3, 0.4) is 0 Å². The first-order valence-electron chi connectivity index (χ1n) is 5.08. The van der Waals surface area contributed by atoms with Crippen LogP contribution in [0.5, 0.6) is 0 Å². The summed E-state index contributed by atoms with van der Waals surface area (Å²) in [7, 11) is 0. The van der Waals surface area contributed by atoms with E-state index < -0.39 is 0 Å². The van der Waals surface area contributed by atoms with Crippen LogP contribution in [0, 0.1) is 11.3 Å². The van der Waals surface area contributed by atoms with Gasteiger partial charge < -0.3 is 0 Å². The zero-order valence-corrected chi connectivity index (χ0v) is 8.17. The fraction of sp³-hybridized carbons (Fsp3) is 0.500. The van der Waals surface area contributed by atoms with E-state index >= 15 is 0 Å². The summed E-state index contributed by atoms with van der Waals surface area (Å²) < 4.78 is 0. The second kappa shape index (κ2) is 2.25. The molecule has 0 aliphatic heterocycles. The van der Waals surface area contributed by atoms with Crippen LogP contribution in [0.4, 0.5) is 0 Å². The van der Waals surface area contributed by atoms with Gasteiger partial charge >= 0.3 is 0 Å². The molecule has 0 saturated heterocycles. The van der Waals surface area contributed by atoms with E-state index in [2.05, 4.69) is 0 Å². The molecule has 0 spiro atoms. The zero-order chi connectivity index (χ0) is 9.92. The van der Waals surface area contributed by atoms with E-state index in [0.29, 0.717) is 24.5 Å². The van der Waals surface area contributed by atoms with Gasteiger partial charge in [0.05, 0.1) is 0 Å². The van der Waals surface area contributed by atoms with Gasteiger partial charge in [-0.2, -0.15) is 0 Å². The minimum Gasteiger partial charge on any atom is -0.299 e. The second-order valence-electron chi connectivity index (χ2n) is 4.79. The highest BCUT2D eigenvalue weighted by Gasteiger charge is 2.52. The summed E-state index contributed by atoms with van der Waals surface area (Å²) in [6, 6.07) is 0. The lowest BCUT2D eigenvalue weighted by atomic mass is 9.55. The quantitative estimate of drug-likeness (QED) is 0.581. The highest BCUT2D eigenvalue weighted by Crippen LogP contribution is 2.53. The largest absolute Gasteiger partial charge is 0.299 e. The van der Waals surface area contributed by atoms with Crippen LogP contribution in [0.15, 0.2) is 23.3 Å². The number of ketones is 2. The molecule has 3 rings (SSSR count). The molecular formula is C12H12O2. The van der Waals surface area contributed by atoms with E-state index in [4.69, 9.17) is 0 Å². The van der Waals surface area contributed by atoms with E-state index in [-0.39, 0.29) is 11.2 Å². The van der Waals surface area contributed by atoms with Gasteiger partial charge in [-0.05, 0) is 36.5 Å². The molecule has 2 atom stereocenters. The number of fused-ring (bicyclic) bond motifs is 2. The molecule has 2 heteroatoms. The second-order valence-corrected chi connectivity index (χ2v) is 4.79. The number of carbonyl (C=O) groups is 2. The van der Waals surface area contributed by atoms with Gasteiger partial charge in [-0.1, -0.05) is 6.08 Å². The van der Waals surface area contributed by atoms with Crippen LogP contribution in [-0.4, -0.2) is 11.6 Å². The summed E-state index contributed by atoms with van der Waals surface area (Å²) in [5.41, 5.74) is 2.06. The van der Waals surface area contributed by atoms with Gasteiger partial charge in [0.1, 0.15) is 5.78 Å². The summed E-state index contributed by atoms with van der Waals surface area (Å²) in [5.74, 6) is 0.993. The lowest BCUT2D eigenvalue weighted by Gasteiger charge is -2.47. The molecule has 14 heavy (non-hydrogen) atoms. The summed E-state index contributed by atoms with van der Waals surface area (Å²) >= 11 is 0. The van der Waals surface area contributed by atoms with E-state index in [0.717, 1.165) is 12.0 Å². The van der Waals surface area contributed by atoms with Crippen LogP contribution in [0.1, 0.15) is 26.2 Å². The van der Waals surface area contributed by atoms with Crippen LogP contribution in [-0.2, 0) is 9.59 Å². The Balaban J connectivity index is 2.07. The number of rotatable bonds is 0. The summed E-state index contributed by atoms with van der Waals surface area (Å²) in [6.07, 6.45) is 5.95. The van der Waals surface area contributed by atoms with Gasteiger partial charge in [-0.15, -0.1) is 0 Å². The SMILES string of the molecule is C[C@@]12C=C3CC(=O)C=C3C[C@@H]1CC2=O. The Hall–Kier alpha value is -1.18. The Kier molecular flexibility index (Phi) is 1.31. The molecule has 0 aromatic carbocycles. The lowest BCUT2D eigenvalue weighted by Crippen LogP contribution is -2.48. The molecule has 0 N–H and O–H groups in total. The molecule has 0 aromatic rings. The van der Waals surface area contributed by atoms with Crippen molar-refractivity contribution in [3.8, 4) is 0 Å².